The third-order valence-corrected chi connectivity index (χ3v) is 2.85. The van der Waals surface area contributed by atoms with E-state index in [1.165, 1.54) is 0 Å². The second-order valence-corrected chi connectivity index (χ2v) is 4.34. The van der Waals surface area contributed by atoms with Crippen LogP contribution in [-0.4, -0.2) is 12.5 Å². The second kappa shape index (κ2) is 7.39. The molecule has 18 heavy (non-hydrogen) atoms. The minimum absolute atomic E-state index is 0.0290. The van der Waals surface area contributed by atoms with E-state index in [0.717, 1.165) is 24.8 Å². The van der Waals surface area contributed by atoms with Gasteiger partial charge in [0.2, 0.25) is 5.91 Å². The van der Waals surface area contributed by atoms with Gasteiger partial charge in [-0.3, -0.25) is 4.79 Å². The summed E-state index contributed by atoms with van der Waals surface area (Å²) in [6.07, 6.45) is 7.79. The molecule has 1 unspecified atom stereocenters. The third kappa shape index (κ3) is 4.50. The fourth-order valence-electron chi connectivity index (χ4n) is 1.70. The van der Waals surface area contributed by atoms with E-state index in [0.29, 0.717) is 12.2 Å². The molecule has 0 aliphatic rings. The van der Waals surface area contributed by atoms with Crippen molar-refractivity contribution in [1.29, 1.82) is 0 Å². The molecule has 1 aromatic carbocycles. The molecule has 0 heterocycles. The molecule has 1 rings (SSSR count). The molecule has 0 saturated carbocycles. The van der Waals surface area contributed by atoms with E-state index < -0.39 is 0 Å². The van der Waals surface area contributed by atoms with Crippen molar-refractivity contribution in [2.75, 3.05) is 12.3 Å². The van der Waals surface area contributed by atoms with Gasteiger partial charge >= 0.3 is 0 Å². The van der Waals surface area contributed by atoms with E-state index in [1.807, 2.05) is 31.2 Å². The Hall–Kier alpha value is -1.95. The van der Waals surface area contributed by atoms with Crippen molar-refractivity contribution in [3.05, 3.63) is 29.8 Å². The number of anilines is 1. The van der Waals surface area contributed by atoms with E-state index >= 15 is 0 Å². The zero-order valence-electron chi connectivity index (χ0n) is 10.8. The first-order valence-corrected chi connectivity index (χ1v) is 6.21. The Bertz CT molecular complexity index is 434. The summed E-state index contributed by atoms with van der Waals surface area (Å²) >= 11 is 0. The summed E-state index contributed by atoms with van der Waals surface area (Å²) in [4.78, 5) is 11.9. The van der Waals surface area contributed by atoms with Crippen molar-refractivity contribution in [3.8, 4) is 12.3 Å². The zero-order valence-corrected chi connectivity index (χ0v) is 10.8. The second-order valence-electron chi connectivity index (χ2n) is 4.34. The Kier molecular flexibility index (Phi) is 5.79. The van der Waals surface area contributed by atoms with Gasteiger partial charge in [0.15, 0.2) is 0 Å². The lowest BCUT2D eigenvalue weighted by atomic mass is 10.00. The average molecular weight is 244 g/mol. The van der Waals surface area contributed by atoms with Crippen molar-refractivity contribution < 1.29 is 4.79 Å². The Morgan fingerprint density at radius 3 is 2.94 bits per heavy atom. The van der Waals surface area contributed by atoms with Crippen LogP contribution in [0, 0.1) is 12.3 Å². The van der Waals surface area contributed by atoms with Crippen LogP contribution >= 0.6 is 0 Å². The normalized spacial score (nSPS) is 11.6. The van der Waals surface area contributed by atoms with Gasteiger partial charge in [-0.15, -0.1) is 12.3 Å². The Labute approximate surface area is 109 Å². The number of carbonyl (C=O) groups is 1. The number of nitrogens with one attached hydrogen (secondary N) is 1. The maximum atomic E-state index is 11.9. The maximum Gasteiger partial charge on any atom is 0.227 e. The van der Waals surface area contributed by atoms with Crippen LogP contribution in [0.4, 0.5) is 5.69 Å². The third-order valence-electron chi connectivity index (χ3n) is 2.85. The SMILES string of the molecule is C#CCCCCNC(=O)C(C)c1cccc(N)c1. The molecule has 0 radical (unpaired) electrons. The van der Waals surface area contributed by atoms with Gasteiger partial charge in [-0.1, -0.05) is 12.1 Å². The number of unbranched alkanes of at least 4 members (excludes halogenated alkanes) is 2. The molecule has 1 aromatic rings. The van der Waals surface area contributed by atoms with Crippen LogP contribution < -0.4 is 11.1 Å². The number of hydrogen-bond acceptors (Lipinski definition) is 2. The molecule has 3 heteroatoms. The highest BCUT2D eigenvalue weighted by molar-refractivity contribution is 5.83. The van der Waals surface area contributed by atoms with E-state index in [1.54, 1.807) is 0 Å². The highest BCUT2D eigenvalue weighted by atomic mass is 16.1. The quantitative estimate of drug-likeness (QED) is 0.458. The molecule has 0 aromatic heterocycles. The largest absolute Gasteiger partial charge is 0.399 e. The summed E-state index contributed by atoms with van der Waals surface area (Å²) in [5, 5.41) is 2.91. The van der Waals surface area contributed by atoms with Crippen LogP contribution in [0.5, 0.6) is 0 Å². The van der Waals surface area contributed by atoms with Crippen molar-refractivity contribution in [3.63, 3.8) is 0 Å². The lowest BCUT2D eigenvalue weighted by Crippen LogP contribution is -2.28. The molecule has 3 nitrogen and oxygen atoms in total. The number of benzene rings is 1. The topological polar surface area (TPSA) is 55.1 Å². The number of amides is 1. The van der Waals surface area contributed by atoms with Crippen molar-refractivity contribution in [2.45, 2.75) is 32.1 Å². The number of nitrogens with two attached hydrogens (primary N) is 1. The molecule has 1 atom stereocenters. The minimum Gasteiger partial charge on any atom is -0.399 e. The van der Waals surface area contributed by atoms with Gasteiger partial charge in [0.1, 0.15) is 0 Å². The standard InChI is InChI=1S/C15H20N2O/c1-3-4-5-6-10-17-15(18)12(2)13-8-7-9-14(16)11-13/h1,7-9,11-12H,4-6,10,16H2,2H3,(H,17,18). The summed E-state index contributed by atoms with van der Waals surface area (Å²) < 4.78 is 0. The fourth-order valence-corrected chi connectivity index (χ4v) is 1.70. The number of terminal acetylenes is 1. The van der Waals surface area contributed by atoms with Crippen LogP contribution in [0.3, 0.4) is 0 Å². The highest BCUT2D eigenvalue weighted by Gasteiger charge is 2.14. The first-order chi connectivity index (χ1) is 8.65. The number of rotatable bonds is 6. The van der Waals surface area contributed by atoms with Gasteiger partial charge in [-0.2, -0.15) is 0 Å². The Morgan fingerprint density at radius 2 is 2.28 bits per heavy atom. The van der Waals surface area contributed by atoms with Crippen LogP contribution in [0.1, 0.15) is 37.7 Å². The molecule has 0 aliphatic carbocycles. The minimum atomic E-state index is -0.180. The molecule has 0 saturated heterocycles. The van der Waals surface area contributed by atoms with E-state index in [2.05, 4.69) is 11.2 Å². The maximum absolute atomic E-state index is 11.9. The van der Waals surface area contributed by atoms with Gasteiger partial charge in [0, 0.05) is 18.7 Å². The monoisotopic (exact) mass is 244 g/mol. The molecule has 0 fully saturated rings. The zero-order chi connectivity index (χ0) is 13.4. The molecule has 3 N–H and O–H groups in total. The van der Waals surface area contributed by atoms with Crippen LogP contribution in [0.25, 0.3) is 0 Å². The first-order valence-electron chi connectivity index (χ1n) is 6.21. The van der Waals surface area contributed by atoms with Crippen molar-refractivity contribution >= 4 is 11.6 Å². The number of nitrogen functional groups attached to an aromatic ring is 1. The molecule has 0 spiro atoms. The lowest BCUT2D eigenvalue weighted by molar-refractivity contribution is -0.122. The molecular weight excluding hydrogens is 224 g/mol. The predicted octanol–water partition coefficient (Wildman–Crippen LogP) is 2.29. The molecular formula is C15H20N2O. The Balaban J connectivity index is 2.40. The van der Waals surface area contributed by atoms with E-state index in [9.17, 15) is 4.79 Å². The summed E-state index contributed by atoms with van der Waals surface area (Å²) in [6, 6.07) is 7.43. The van der Waals surface area contributed by atoms with Gasteiger partial charge in [-0.05, 0) is 37.5 Å². The molecule has 0 bridgehead atoms. The summed E-state index contributed by atoms with van der Waals surface area (Å²) in [7, 11) is 0. The van der Waals surface area contributed by atoms with Gasteiger partial charge in [0.05, 0.1) is 5.92 Å². The van der Waals surface area contributed by atoms with Gasteiger partial charge in [0.25, 0.3) is 0 Å². The number of carbonyl (C=O) groups excluding carboxylic acids is 1. The molecule has 96 valence electrons. The number of hydrogen-bond donors (Lipinski definition) is 2. The Morgan fingerprint density at radius 1 is 1.50 bits per heavy atom. The van der Waals surface area contributed by atoms with Gasteiger partial charge in [-0.25, -0.2) is 0 Å². The summed E-state index contributed by atoms with van der Waals surface area (Å²) in [5.74, 6) is 2.43. The van der Waals surface area contributed by atoms with E-state index in [4.69, 9.17) is 12.2 Å². The van der Waals surface area contributed by atoms with Gasteiger partial charge < -0.3 is 11.1 Å². The molecule has 0 aliphatic heterocycles. The van der Waals surface area contributed by atoms with Crippen molar-refractivity contribution in [2.24, 2.45) is 0 Å². The smallest absolute Gasteiger partial charge is 0.227 e. The summed E-state index contributed by atoms with van der Waals surface area (Å²) in [6.45, 7) is 2.55. The fraction of sp³-hybridized carbons (Fsp3) is 0.400. The van der Waals surface area contributed by atoms with E-state index in [-0.39, 0.29) is 11.8 Å². The van der Waals surface area contributed by atoms with Crippen LogP contribution in [-0.2, 0) is 4.79 Å². The highest BCUT2D eigenvalue weighted by Crippen LogP contribution is 2.17. The van der Waals surface area contributed by atoms with Crippen LogP contribution in [0.2, 0.25) is 0 Å². The summed E-state index contributed by atoms with van der Waals surface area (Å²) in [5.41, 5.74) is 7.32. The molecule has 1 amide bonds. The first kappa shape index (κ1) is 14.1. The predicted molar refractivity (Wildman–Crippen MR) is 75.0 cm³/mol. The van der Waals surface area contributed by atoms with Crippen LogP contribution in [0.15, 0.2) is 24.3 Å². The lowest BCUT2D eigenvalue weighted by Gasteiger charge is -2.12. The van der Waals surface area contributed by atoms with Crippen molar-refractivity contribution in [1.82, 2.24) is 5.32 Å². The average Bonchev–Trinajstić information content (AvgIpc) is 2.37.